The van der Waals surface area contributed by atoms with Gasteiger partial charge in [-0.05, 0) is 5.56 Å². The highest BCUT2D eigenvalue weighted by molar-refractivity contribution is 5.18. The van der Waals surface area contributed by atoms with Crippen molar-refractivity contribution in [2.75, 3.05) is 0 Å². The van der Waals surface area contributed by atoms with Crippen molar-refractivity contribution >= 4 is 0 Å². The molecule has 0 atom stereocenters. The first-order valence-corrected chi connectivity index (χ1v) is 2.84. The largest absolute Gasteiger partial charge is 0.495 e. The summed E-state index contributed by atoms with van der Waals surface area (Å²) >= 11 is 0. The highest BCUT2D eigenvalue weighted by Gasteiger charge is 1.93. The van der Waals surface area contributed by atoms with E-state index in [2.05, 4.69) is 4.98 Å². The first-order valence-electron chi connectivity index (χ1n) is 2.84. The minimum atomic E-state index is -0.333. The van der Waals surface area contributed by atoms with Crippen LogP contribution in [0.25, 0.3) is 0 Å². The zero-order chi connectivity index (χ0) is 7.56. The van der Waals surface area contributed by atoms with E-state index < -0.39 is 0 Å². The highest BCUT2D eigenvalue weighted by atomic mass is 16.3. The molecule has 10 heavy (non-hydrogen) atoms. The summed E-state index contributed by atoms with van der Waals surface area (Å²) in [4.78, 5) is 12.8. The van der Waals surface area contributed by atoms with Crippen LogP contribution in [0.2, 0.25) is 0 Å². The number of aromatic nitrogens is 1. The van der Waals surface area contributed by atoms with Crippen molar-refractivity contribution in [2.24, 2.45) is 5.73 Å². The van der Waals surface area contributed by atoms with Gasteiger partial charge in [-0.15, -0.1) is 0 Å². The molecule has 4 N–H and O–H groups in total. The van der Waals surface area contributed by atoms with Gasteiger partial charge < -0.3 is 10.8 Å². The monoisotopic (exact) mass is 140 g/mol. The van der Waals surface area contributed by atoms with Crippen LogP contribution in [-0.4, -0.2) is 10.1 Å². The van der Waals surface area contributed by atoms with Gasteiger partial charge in [0, 0.05) is 18.7 Å². The third-order valence-electron chi connectivity index (χ3n) is 1.13. The Morgan fingerprint density at radius 1 is 1.60 bits per heavy atom. The molecule has 0 saturated heterocycles. The number of rotatable bonds is 1. The third kappa shape index (κ3) is 1.35. The van der Waals surface area contributed by atoms with E-state index in [0.717, 1.165) is 0 Å². The Labute approximate surface area is 57.3 Å². The minimum Gasteiger partial charge on any atom is -0.495 e. The van der Waals surface area contributed by atoms with Gasteiger partial charge in [-0.25, -0.2) is 0 Å². The van der Waals surface area contributed by atoms with E-state index in [0.29, 0.717) is 5.56 Å². The summed E-state index contributed by atoms with van der Waals surface area (Å²) in [5, 5.41) is 8.81. The van der Waals surface area contributed by atoms with Crippen LogP contribution in [0.4, 0.5) is 0 Å². The lowest BCUT2D eigenvalue weighted by molar-refractivity contribution is 0.451. The van der Waals surface area contributed by atoms with Crippen molar-refractivity contribution < 1.29 is 5.11 Å². The fourth-order valence-corrected chi connectivity index (χ4v) is 0.702. The molecule has 0 aliphatic rings. The van der Waals surface area contributed by atoms with Crippen molar-refractivity contribution in [2.45, 2.75) is 6.54 Å². The molecule has 0 unspecified atom stereocenters. The summed E-state index contributed by atoms with van der Waals surface area (Å²) in [6, 6.07) is 2.76. The maximum absolute atomic E-state index is 10.6. The Morgan fingerprint density at radius 3 is 2.80 bits per heavy atom. The zero-order valence-electron chi connectivity index (χ0n) is 5.29. The molecule has 1 aromatic heterocycles. The Balaban J connectivity index is 3.19. The topological polar surface area (TPSA) is 79.1 Å². The number of hydrogen-bond acceptors (Lipinski definition) is 3. The Hall–Kier alpha value is -1.29. The van der Waals surface area contributed by atoms with Gasteiger partial charge in [0.05, 0.1) is 0 Å². The van der Waals surface area contributed by atoms with Gasteiger partial charge in [0.15, 0.2) is 5.88 Å². The Kier molecular flexibility index (Phi) is 1.73. The van der Waals surface area contributed by atoms with Crippen LogP contribution in [0.15, 0.2) is 16.9 Å². The van der Waals surface area contributed by atoms with Gasteiger partial charge in [0.2, 0.25) is 0 Å². The summed E-state index contributed by atoms with van der Waals surface area (Å²) < 4.78 is 0. The lowest BCUT2D eigenvalue weighted by atomic mass is 10.3. The Bertz CT molecular complexity index is 279. The summed E-state index contributed by atoms with van der Waals surface area (Å²) in [6.45, 7) is 0.261. The van der Waals surface area contributed by atoms with Crippen molar-refractivity contribution in [3.05, 3.63) is 28.0 Å². The lowest BCUT2D eigenvalue weighted by Gasteiger charge is -1.94. The molecule has 4 heteroatoms. The van der Waals surface area contributed by atoms with Crippen molar-refractivity contribution in [1.29, 1.82) is 0 Å². The zero-order valence-corrected chi connectivity index (χ0v) is 5.29. The second kappa shape index (κ2) is 2.53. The molecule has 4 nitrogen and oxygen atoms in total. The molecule has 0 bridgehead atoms. The maximum atomic E-state index is 10.6. The molecule has 0 fully saturated rings. The fraction of sp³-hybridized carbons (Fsp3) is 0.167. The normalized spacial score (nSPS) is 9.70. The van der Waals surface area contributed by atoms with Crippen LogP contribution in [0, 0.1) is 0 Å². The maximum Gasteiger partial charge on any atom is 0.250 e. The summed E-state index contributed by atoms with van der Waals surface area (Å²) in [5.41, 5.74) is 5.52. The molecular formula is C6H8N2O2. The molecule has 0 aliphatic heterocycles. The van der Waals surface area contributed by atoms with Crippen molar-refractivity contribution in [3.8, 4) is 5.88 Å². The predicted octanol–water partition coefficient (Wildman–Crippen LogP) is -0.461. The van der Waals surface area contributed by atoms with Crippen LogP contribution in [0.5, 0.6) is 5.88 Å². The van der Waals surface area contributed by atoms with Crippen molar-refractivity contribution in [3.63, 3.8) is 0 Å². The van der Waals surface area contributed by atoms with E-state index in [1.165, 1.54) is 12.1 Å². The smallest absolute Gasteiger partial charge is 0.250 e. The summed E-state index contributed by atoms with van der Waals surface area (Å²) in [5.74, 6) is -0.145. The number of hydrogen-bond donors (Lipinski definition) is 3. The molecule has 1 heterocycles. The molecule has 0 aliphatic carbocycles. The van der Waals surface area contributed by atoms with Gasteiger partial charge in [0.1, 0.15) is 0 Å². The van der Waals surface area contributed by atoms with Crippen LogP contribution >= 0.6 is 0 Å². The molecule has 54 valence electrons. The average molecular weight is 140 g/mol. The van der Waals surface area contributed by atoms with Gasteiger partial charge in [-0.2, -0.15) is 0 Å². The van der Waals surface area contributed by atoms with Crippen LogP contribution in [-0.2, 0) is 6.54 Å². The van der Waals surface area contributed by atoms with Gasteiger partial charge >= 0.3 is 0 Å². The molecular weight excluding hydrogens is 132 g/mol. The summed E-state index contributed by atoms with van der Waals surface area (Å²) in [6.07, 6.45) is 0. The first-order chi connectivity index (χ1) is 4.72. The second-order valence-electron chi connectivity index (χ2n) is 1.94. The molecule has 0 aromatic carbocycles. The number of aromatic hydroxyl groups is 1. The number of H-pyrrole nitrogens is 1. The lowest BCUT2D eigenvalue weighted by Crippen LogP contribution is -2.07. The van der Waals surface area contributed by atoms with E-state index in [4.69, 9.17) is 10.8 Å². The molecule has 0 saturated carbocycles. The van der Waals surface area contributed by atoms with E-state index in [1.54, 1.807) is 0 Å². The van der Waals surface area contributed by atoms with E-state index in [9.17, 15) is 4.79 Å². The second-order valence-corrected chi connectivity index (χ2v) is 1.94. The van der Waals surface area contributed by atoms with Crippen LogP contribution in [0.1, 0.15) is 5.56 Å². The molecule has 0 amide bonds. The fourth-order valence-electron chi connectivity index (χ4n) is 0.702. The quantitative estimate of drug-likeness (QED) is 0.493. The number of nitrogens with two attached hydrogens (primary N) is 1. The summed E-state index contributed by atoms with van der Waals surface area (Å²) in [7, 11) is 0. The average Bonchev–Trinajstić information content (AvgIpc) is 1.85. The van der Waals surface area contributed by atoms with Gasteiger partial charge in [0.25, 0.3) is 5.56 Å². The molecule has 0 spiro atoms. The molecule has 1 rings (SSSR count). The van der Waals surface area contributed by atoms with Crippen molar-refractivity contribution in [1.82, 2.24) is 4.98 Å². The molecule has 1 aromatic rings. The number of pyridine rings is 1. The Morgan fingerprint density at radius 2 is 2.30 bits per heavy atom. The van der Waals surface area contributed by atoms with E-state index in [1.807, 2.05) is 0 Å². The SMILES string of the molecule is NCc1cc(O)[nH]c(=O)c1. The van der Waals surface area contributed by atoms with E-state index in [-0.39, 0.29) is 18.0 Å². The standard InChI is InChI=1S/C6H8N2O2/c7-3-4-1-5(9)8-6(10)2-4/h1-2H,3,7H2,(H2,8,9,10). The minimum absolute atomic E-state index is 0.145. The van der Waals surface area contributed by atoms with Crippen LogP contribution < -0.4 is 11.3 Å². The van der Waals surface area contributed by atoms with Gasteiger partial charge in [-0.1, -0.05) is 0 Å². The van der Waals surface area contributed by atoms with E-state index >= 15 is 0 Å². The third-order valence-corrected chi connectivity index (χ3v) is 1.13. The van der Waals surface area contributed by atoms with Gasteiger partial charge in [-0.3, -0.25) is 9.78 Å². The van der Waals surface area contributed by atoms with Crippen LogP contribution in [0.3, 0.4) is 0 Å². The first kappa shape index (κ1) is 6.82. The number of nitrogens with one attached hydrogen (secondary N) is 1. The molecule has 0 radical (unpaired) electrons. The highest BCUT2D eigenvalue weighted by Crippen LogP contribution is 2.01. The predicted molar refractivity (Wildman–Crippen MR) is 36.6 cm³/mol. The number of aromatic amines is 1.